The van der Waals surface area contributed by atoms with Crippen LogP contribution in [0.2, 0.25) is 0 Å². The van der Waals surface area contributed by atoms with Crippen molar-refractivity contribution in [1.82, 2.24) is 4.72 Å². The first-order valence-electron chi connectivity index (χ1n) is 6.21. The Labute approximate surface area is 105 Å². The Kier molecular flexibility index (Phi) is 3.59. The van der Waals surface area contributed by atoms with Crippen LogP contribution in [0.3, 0.4) is 0 Å². The fourth-order valence-electron chi connectivity index (χ4n) is 1.74. The van der Waals surface area contributed by atoms with Crippen LogP contribution in [0.25, 0.3) is 0 Å². The molecular weight excluding hydrogens is 230 g/mol. The molecule has 1 atom stereocenters. The van der Waals surface area contributed by atoms with Gasteiger partial charge in [-0.3, -0.25) is 0 Å². The van der Waals surface area contributed by atoms with E-state index in [0.717, 1.165) is 11.4 Å². The molecule has 2 nitrogen and oxygen atoms in total. The van der Waals surface area contributed by atoms with Crippen molar-refractivity contribution in [3.8, 4) is 0 Å². The van der Waals surface area contributed by atoms with E-state index in [1.165, 1.54) is 18.4 Å². The monoisotopic (exact) mass is 251 g/mol. The second-order valence-electron chi connectivity index (χ2n) is 5.19. The van der Waals surface area contributed by atoms with Crippen molar-refractivity contribution in [2.45, 2.75) is 37.5 Å². The Morgan fingerprint density at radius 2 is 2.18 bits per heavy atom. The van der Waals surface area contributed by atoms with Crippen LogP contribution < -0.4 is 4.72 Å². The van der Waals surface area contributed by atoms with Crippen LogP contribution in [0.1, 0.15) is 38.2 Å². The van der Waals surface area contributed by atoms with Gasteiger partial charge in [0.1, 0.15) is 0 Å². The average Bonchev–Trinajstić information content (AvgIpc) is 3.10. The van der Waals surface area contributed by atoms with E-state index in [-0.39, 0.29) is 0 Å². The summed E-state index contributed by atoms with van der Waals surface area (Å²) in [6.45, 7) is 5.11. The zero-order valence-corrected chi connectivity index (χ0v) is 11.4. The molecule has 1 fully saturated rings. The third-order valence-corrected chi connectivity index (χ3v) is 4.86. The first-order chi connectivity index (χ1) is 7.99. The van der Waals surface area contributed by atoms with Gasteiger partial charge in [-0.05, 0) is 48.2 Å². The van der Waals surface area contributed by atoms with Gasteiger partial charge >= 0.3 is 0 Å². The SMILES string of the molecule is C=S(=O)(NCC1CC1)c1cccc(C(C)C)c1. The third-order valence-electron chi connectivity index (χ3n) is 3.21. The average molecular weight is 251 g/mol. The highest BCUT2D eigenvalue weighted by Gasteiger charge is 2.22. The van der Waals surface area contributed by atoms with E-state index in [1.807, 2.05) is 18.2 Å². The topological polar surface area (TPSA) is 29.1 Å². The number of nitrogens with one attached hydrogen (secondary N) is 1. The number of hydrogen-bond donors (Lipinski definition) is 1. The molecule has 0 amide bonds. The van der Waals surface area contributed by atoms with Gasteiger partial charge < -0.3 is 0 Å². The van der Waals surface area contributed by atoms with Crippen molar-refractivity contribution in [2.24, 2.45) is 5.92 Å². The summed E-state index contributed by atoms with van der Waals surface area (Å²) in [5.41, 5.74) is 1.21. The minimum Gasteiger partial charge on any atom is -0.248 e. The number of benzene rings is 1. The quantitative estimate of drug-likeness (QED) is 0.801. The third kappa shape index (κ3) is 3.33. The summed E-state index contributed by atoms with van der Waals surface area (Å²) in [4.78, 5) is 0.823. The molecule has 0 aromatic heterocycles. The molecule has 0 radical (unpaired) electrons. The zero-order valence-electron chi connectivity index (χ0n) is 10.6. The van der Waals surface area contributed by atoms with E-state index in [4.69, 9.17) is 0 Å². The molecule has 1 aromatic carbocycles. The molecule has 1 N–H and O–H groups in total. The summed E-state index contributed by atoms with van der Waals surface area (Å²) < 4.78 is 15.6. The lowest BCUT2D eigenvalue weighted by Crippen LogP contribution is -2.25. The van der Waals surface area contributed by atoms with E-state index in [9.17, 15) is 4.21 Å². The van der Waals surface area contributed by atoms with Gasteiger partial charge in [0, 0.05) is 11.4 Å². The van der Waals surface area contributed by atoms with Crippen LogP contribution in [-0.4, -0.2) is 16.6 Å². The van der Waals surface area contributed by atoms with E-state index in [0.29, 0.717) is 11.8 Å². The molecule has 3 heteroatoms. The fourth-order valence-corrected chi connectivity index (χ4v) is 3.03. The van der Waals surface area contributed by atoms with Gasteiger partial charge in [0.25, 0.3) is 0 Å². The first kappa shape index (κ1) is 12.7. The van der Waals surface area contributed by atoms with Crippen molar-refractivity contribution in [1.29, 1.82) is 0 Å². The van der Waals surface area contributed by atoms with Crippen LogP contribution in [-0.2, 0) is 9.71 Å². The lowest BCUT2D eigenvalue weighted by atomic mass is 10.0. The highest BCUT2D eigenvalue weighted by molar-refractivity contribution is 7.98. The maximum atomic E-state index is 12.5. The predicted octanol–water partition coefficient (Wildman–Crippen LogP) is 2.80. The summed E-state index contributed by atoms with van der Waals surface area (Å²) >= 11 is 0. The Balaban J connectivity index is 2.16. The van der Waals surface area contributed by atoms with Crippen molar-refractivity contribution >= 4 is 15.6 Å². The maximum absolute atomic E-state index is 12.5. The largest absolute Gasteiger partial charge is 0.248 e. The molecule has 1 aliphatic rings. The molecule has 0 spiro atoms. The first-order valence-corrected chi connectivity index (χ1v) is 7.93. The molecule has 1 unspecified atom stereocenters. The van der Waals surface area contributed by atoms with Gasteiger partial charge in [-0.25, -0.2) is 8.93 Å². The Morgan fingerprint density at radius 1 is 1.47 bits per heavy atom. The molecule has 0 saturated heterocycles. The molecule has 0 heterocycles. The summed E-state index contributed by atoms with van der Waals surface area (Å²) in [5, 5.41) is 0. The van der Waals surface area contributed by atoms with Crippen molar-refractivity contribution in [2.75, 3.05) is 6.54 Å². The second kappa shape index (κ2) is 4.83. The summed E-state index contributed by atoms with van der Waals surface area (Å²) in [5.74, 6) is 5.02. The van der Waals surface area contributed by atoms with Crippen LogP contribution in [0.4, 0.5) is 0 Å². The Bertz CT molecular complexity index is 487. The highest BCUT2D eigenvalue weighted by atomic mass is 32.2. The highest BCUT2D eigenvalue weighted by Crippen LogP contribution is 2.28. The van der Waals surface area contributed by atoms with Crippen molar-refractivity contribution < 1.29 is 4.21 Å². The van der Waals surface area contributed by atoms with Gasteiger partial charge in [0.15, 0.2) is 0 Å². The lowest BCUT2D eigenvalue weighted by Gasteiger charge is -2.13. The van der Waals surface area contributed by atoms with Gasteiger partial charge in [0.05, 0.1) is 9.71 Å². The van der Waals surface area contributed by atoms with Crippen LogP contribution in [0.15, 0.2) is 29.2 Å². The van der Waals surface area contributed by atoms with Gasteiger partial charge in [-0.2, -0.15) is 0 Å². The Morgan fingerprint density at radius 3 is 2.76 bits per heavy atom. The lowest BCUT2D eigenvalue weighted by molar-refractivity contribution is 0.662. The number of rotatable bonds is 5. The standard InChI is InChI=1S/C14H21NOS/c1-11(2)13-5-4-6-14(9-13)17(3,16)15-10-12-7-8-12/h4-6,9,11-12H,3,7-8,10H2,1-2H3,(H,15,16). The van der Waals surface area contributed by atoms with Crippen molar-refractivity contribution in [3.63, 3.8) is 0 Å². The predicted molar refractivity (Wildman–Crippen MR) is 74.8 cm³/mol. The van der Waals surface area contributed by atoms with Gasteiger partial charge in [-0.1, -0.05) is 26.0 Å². The van der Waals surface area contributed by atoms with Crippen LogP contribution >= 0.6 is 0 Å². The zero-order chi connectivity index (χ0) is 12.5. The van der Waals surface area contributed by atoms with Crippen molar-refractivity contribution in [3.05, 3.63) is 29.8 Å². The van der Waals surface area contributed by atoms with Crippen LogP contribution in [0.5, 0.6) is 0 Å². The Hall–Kier alpha value is -0.800. The second-order valence-corrected chi connectivity index (χ2v) is 7.30. The van der Waals surface area contributed by atoms with E-state index < -0.39 is 9.71 Å². The molecule has 0 bridgehead atoms. The molecule has 1 aliphatic carbocycles. The summed E-state index contributed by atoms with van der Waals surface area (Å²) in [6, 6.07) is 7.96. The van der Waals surface area contributed by atoms with E-state index in [1.54, 1.807) is 0 Å². The molecule has 0 aliphatic heterocycles. The minimum absolute atomic E-state index is 0.452. The summed E-state index contributed by atoms with van der Waals surface area (Å²) in [7, 11) is -2.32. The molecule has 17 heavy (non-hydrogen) atoms. The number of hydrogen-bond acceptors (Lipinski definition) is 1. The maximum Gasteiger partial charge on any atom is 0.0533 e. The van der Waals surface area contributed by atoms with Crippen LogP contribution in [0, 0.1) is 5.92 Å². The molecular formula is C14H21NOS. The van der Waals surface area contributed by atoms with Gasteiger partial charge in [0.2, 0.25) is 0 Å². The van der Waals surface area contributed by atoms with E-state index >= 15 is 0 Å². The molecule has 2 rings (SSSR count). The smallest absolute Gasteiger partial charge is 0.0533 e. The molecule has 94 valence electrons. The minimum atomic E-state index is -2.32. The summed E-state index contributed by atoms with van der Waals surface area (Å²) in [6.07, 6.45) is 2.52. The molecule has 1 saturated carbocycles. The van der Waals surface area contributed by atoms with E-state index in [2.05, 4.69) is 30.5 Å². The molecule has 1 aromatic rings. The normalized spacial score (nSPS) is 19.2. The fraction of sp³-hybridized carbons (Fsp3) is 0.500. The van der Waals surface area contributed by atoms with Gasteiger partial charge in [-0.15, -0.1) is 0 Å².